The van der Waals surface area contributed by atoms with Crippen LogP contribution in [0.25, 0.3) is 0 Å². The molecule has 2 saturated heterocycles. The Bertz CT molecular complexity index is 406. The zero-order valence-corrected chi connectivity index (χ0v) is 9.80. The molecule has 0 spiro atoms. The van der Waals surface area contributed by atoms with E-state index >= 15 is 0 Å². The molecule has 0 unspecified atom stereocenters. The Morgan fingerprint density at radius 1 is 1.41 bits per heavy atom. The van der Waals surface area contributed by atoms with Crippen LogP contribution in [0.3, 0.4) is 0 Å². The molecule has 0 aliphatic carbocycles. The maximum Gasteiger partial charge on any atom is 0.220 e. The van der Waals surface area contributed by atoms with E-state index in [-0.39, 0.29) is 5.91 Å². The van der Waals surface area contributed by atoms with Crippen molar-refractivity contribution in [3.05, 3.63) is 30.1 Å². The topological polar surface area (TPSA) is 45.2 Å². The van der Waals surface area contributed by atoms with Gasteiger partial charge in [-0.3, -0.25) is 14.7 Å². The fourth-order valence-corrected chi connectivity index (χ4v) is 2.92. The van der Waals surface area contributed by atoms with Crippen molar-refractivity contribution in [2.75, 3.05) is 6.54 Å². The second-order valence-electron chi connectivity index (χ2n) is 4.86. The molecule has 90 valence electrons. The largest absolute Gasteiger partial charge is 0.352 e. The lowest BCUT2D eigenvalue weighted by atomic mass is 9.99. The minimum absolute atomic E-state index is 0.214. The summed E-state index contributed by atoms with van der Waals surface area (Å²) in [7, 11) is 0. The summed E-state index contributed by atoms with van der Waals surface area (Å²) in [5, 5.41) is 3.09. The average Bonchev–Trinajstić information content (AvgIpc) is 2.73. The highest BCUT2D eigenvalue weighted by molar-refractivity contribution is 5.77. The molecule has 3 heterocycles. The number of nitrogens with one attached hydrogen (secondary N) is 1. The van der Waals surface area contributed by atoms with Crippen LogP contribution in [0.5, 0.6) is 0 Å². The molecule has 1 N–H and O–H groups in total. The van der Waals surface area contributed by atoms with Crippen LogP contribution in [0.15, 0.2) is 24.4 Å². The van der Waals surface area contributed by atoms with Gasteiger partial charge in [0, 0.05) is 37.8 Å². The van der Waals surface area contributed by atoms with E-state index in [0.717, 1.165) is 31.6 Å². The highest BCUT2D eigenvalue weighted by Crippen LogP contribution is 2.26. The van der Waals surface area contributed by atoms with Crippen molar-refractivity contribution >= 4 is 5.91 Å². The summed E-state index contributed by atoms with van der Waals surface area (Å²) in [6.45, 7) is 1.96. The first-order valence-corrected chi connectivity index (χ1v) is 6.26. The monoisotopic (exact) mass is 231 g/mol. The first-order chi connectivity index (χ1) is 8.33. The number of nitrogens with zero attached hydrogens (tertiary/aromatic N) is 2. The van der Waals surface area contributed by atoms with Gasteiger partial charge in [0.1, 0.15) is 0 Å². The number of carbonyl (C=O) groups is 1. The Labute approximate surface area is 101 Å². The van der Waals surface area contributed by atoms with Crippen LogP contribution in [-0.2, 0) is 11.3 Å². The summed E-state index contributed by atoms with van der Waals surface area (Å²) in [5.41, 5.74) is 1.12. The zero-order valence-electron chi connectivity index (χ0n) is 9.80. The van der Waals surface area contributed by atoms with Gasteiger partial charge >= 0.3 is 0 Å². The molecule has 2 fully saturated rings. The third kappa shape index (κ3) is 2.17. The van der Waals surface area contributed by atoms with Crippen molar-refractivity contribution in [2.45, 2.75) is 37.9 Å². The van der Waals surface area contributed by atoms with Crippen molar-refractivity contribution in [1.29, 1.82) is 0 Å². The van der Waals surface area contributed by atoms with Gasteiger partial charge in [0.25, 0.3) is 0 Å². The molecule has 1 amide bonds. The number of hydrogen-bond acceptors (Lipinski definition) is 3. The first kappa shape index (κ1) is 10.7. The number of piperidine rings is 1. The molecule has 17 heavy (non-hydrogen) atoms. The standard InChI is InChI=1S/C13H17N3O/c17-13-5-4-12-11(15-13)6-8-16(12)9-10-3-1-2-7-14-10/h1-3,7,11-12H,4-6,8-9H2,(H,15,17)/t11-,12+/m1/s1. The fraction of sp³-hybridized carbons (Fsp3) is 0.538. The smallest absolute Gasteiger partial charge is 0.220 e. The van der Waals surface area contributed by atoms with Crippen molar-refractivity contribution in [2.24, 2.45) is 0 Å². The number of likely N-dealkylation sites (tertiary alicyclic amines) is 1. The number of amides is 1. The number of fused-ring (bicyclic) bond motifs is 1. The molecular weight excluding hydrogens is 214 g/mol. The van der Waals surface area contributed by atoms with Gasteiger partial charge in [-0.25, -0.2) is 0 Å². The molecule has 1 aromatic rings. The molecule has 1 aromatic heterocycles. The minimum atomic E-state index is 0.214. The third-order valence-electron chi connectivity index (χ3n) is 3.77. The molecule has 0 bridgehead atoms. The SMILES string of the molecule is O=C1CC[C@H]2[C@@H](CCN2Cc2ccccn2)N1. The predicted octanol–water partition coefficient (Wildman–Crippen LogP) is 0.934. The van der Waals surface area contributed by atoms with Crippen LogP contribution in [0.2, 0.25) is 0 Å². The number of rotatable bonds is 2. The van der Waals surface area contributed by atoms with Gasteiger partial charge in [-0.2, -0.15) is 0 Å². The maximum absolute atomic E-state index is 11.3. The number of aromatic nitrogens is 1. The lowest BCUT2D eigenvalue weighted by molar-refractivity contribution is -0.124. The lowest BCUT2D eigenvalue weighted by Gasteiger charge is -2.31. The Kier molecular flexibility index (Phi) is 2.81. The van der Waals surface area contributed by atoms with E-state index in [0.29, 0.717) is 18.5 Å². The van der Waals surface area contributed by atoms with Crippen LogP contribution < -0.4 is 5.32 Å². The van der Waals surface area contributed by atoms with Gasteiger partial charge in [0.15, 0.2) is 0 Å². The molecule has 2 aliphatic rings. The van der Waals surface area contributed by atoms with E-state index in [2.05, 4.69) is 21.3 Å². The van der Waals surface area contributed by atoms with Crippen molar-refractivity contribution in [1.82, 2.24) is 15.2 Å². The average molecular weight is 231 g/mol. The number of carbonyl (C=O) groups excluding carboxylic acids is 1. The van der Waals surface area contributed by atoms with Gasteiger partial charge in [-0.05, 0) is 25.0 Å². The van der Waals surface area contributed by atoms with Crippen LogP contribution in [-0.4, -0.2) is 34.4 Å². The molecule has 0 saturated carbocycles. The van der Waals surface area contributed by atoms with E-state index in [4.69, 9.17) is 0 Å². The Balaban J connectivity index is 1.68. The van der Waals surface area contributed by atoms with E-state index in [1.54, 1.807) is 0 Å². The molecule has 2 aliphatic heterocycles. The summed E-state index contributed by atoms with van der Waals surface area (Å²) in [4.78, 5) is 18.1. The van der Waals surface area contributed by atoms with Crippen LogP contribution in [0.4, 0.5) is 0 Å². The summed E-state index contributed by atoms with van der Waals surface area (Å²) >= 11 is 0. The van der Waals surface area contributed by atoms with Gasteiger partial charge < -0.3 is 5.32 Å². The van der Waals surface area contributed by atoms with Crippen molar-refractivity contribution < 1.29 is 4.79 Å². The Morgan fingerprint density at radius 2 is 2.35 bits per heavy atom. The van der Waals surface area contributed by atoms with Crippen LogP contribution in [0, 0.1) is 0 Å². The Morgan fingerprint density at radius 3 is 3.18 bits per heavy atom. The van der Waals surface area contributed by atoms with Crippen LogP contribution in [0.1, 0.15) is 25.0 Å². The second kappa shape index (κ2) is 4.45. The lowest BCUT2D eigenvalue weighted by Crippen LogP contribution is -2.49. The molecule has 3 rings (SSSR count). The highest BCUT2D eigenvalue weighted by Gasteiger charge is 2.37. The summed E-state index contributed by atoms with van der Waals surface area (Å²) in [6.07, 6.45) is 4.57. The zero-order chi connectivity index (χ0) is 11.7. The summed E-state index contributed by atoms with van der Waals surface area (Å²) < 4.78 is 0. The summed E-state index contributed by atoms with van der Waals surface area (Å²) in [6, 6.07) is 6.90. The highest BCUT2D eigenvalue weighted by atomic mass is 16.1. The van der Waals surface area contributed by atoms with Crippen molar-refractivity contribution in [3.8, 4) is 0 Å². The molecule has 4 nitrogen and oxygen atoms in total. The van der Waals surface area contributed by atoms with E-state index in [1.807, 2.05) is 18.3 Å². The molecule has 0 aromatic carbocycles. The van der Waals surface area contributed by atoms with Gasteiger partial charge in [0.05, 0.1) is 5.69 Å². The Hall–Kier alpha value is -1.42. The molecule has 2 atom stereocenters. The molecular formula is C13H17N3O. The van der Waals surface area contributed by atoms with E-state index < -0.39 is 0 Å². The van der Waals surface area contributed by atoms with E-state index in [9.17, 15) is 4.79 Å². The second-order valence-corrected chi connectivity index (χ2v) is 4.86. The molecule has 0 radical (unpaired) electrons. The fourth-order valence-electron chi connectivity index (χ4n) is 2.92. The maximum atomic E-state index is 11.3. The van der Waals surface area contributed by atoms with Gasteiger partial charge in [-0.1, -0.05) is 6.07 Å². The predicted molar refractivity (Wildman–Crippen MR) is 64.2 cm³/mol. The van der Waals surface area contributed by atoms with Crippen LogP contribution >= 0.6 is 0 Å². The normalized spacial score (nSPS) is 28.8. The quantitative estimate of drug-likeness (QED) is 0.823. The number of hydrogen-bond donors (Lipinski definition) is 1. The molecule has 4 heteroatoms. The third-order valence-corrected chi connectivity index (χ3v) is 3.77. The summed E-state index contributed by atoms with van der Waals surface area (Å²) in [5.74, 6) is 0.214. The van der Waals surface area contributed by atoms with Gasteiger partial charge in [0.2, 0.25) is 5.91 Å². The number of pyridine rings is 1. The van der Waals surface area contributed by atoms with Crippen molar-refractivity contribution in [3.63, 3.8) is 0 Å². The minimum Gasteiger partial charge on any atom is -0.352 e. The van der Waals surface area contributed by atoms with E-state index in [1.165, 1.54) is 0 Å². The first-order valence-electron chi connectivity index (χ1n) is 6.26. The van der Waals surface area contributed by atoms with Gasteiger partial charge in [-0.15, -0.1) is 0 Å².